The Bertz CT molecular complexity index is 1220. The molecule has 0 radical (unpaired) electrons. The molecule has 0 fully saturated rings. The van der Waals surface area contributed by atoms with Crippen molar-refractivity contribution in [3.05, 3.63) is 84.4 Å². The van der Waals surface area contributed by atoms with E-state index in [1.54, 1.807) is 51.1 Å². The zero-order valence-corrected chi connectivity index (χ0v) is 23.2. The van der Waals surface area contributed by atoms with E-state index in [0.717, 1.165) is 5.56 Å². The fourth-order valence-electron chi connectivity index (χ4n) is 3.74. The minimum Gasteiger partial charge on any atom is -0.485 e. The van der Waals surface area contributed by atoms with Crippen molar-refractivity contribution in [3.63, 3.8) is 0 Å². The SMILES string of the molecule is CC(C)(C)OC(=O)N[C@@H](CCO)CN(C(=O)CCl)c1ccccc1Oc1ccccc1OCc1ccccc1. The fraction of sp³-hybridized carbons (Fsp3) is 0.333. The maximum atomic E-state index is 13.0. The molecule has 3 aromatic rings. The van der Waals surface area contributed by atoms with Gasteiger partial charge in [0.2, 0.25) is 5.91 Å². The van der Waals surface area contributed by atoms with Gasteiger partial charge in [0.15, 0.2) is 17.2 Å². The van der Waals surface area contributed by atoms with Crippen LogP contribution in [-0.2, 0) is 16.1 Å². The molecular weight excluding hydrogens is 520 g/mol. The summed E-state index contributed by atoms with van der Waals surface area (Å²) in [6, 6.07) is 23.5. The second-order valence-corrected chi connectivity index (χ2v) is 10.1. The average Bonchev–Trinajstić information content (AvgIpc) is 2.91. The standard InChI is InChI=1S/C30H35ClN2O6/c1-30(2,3)39-29(36)32-23(17-18-34)20-33(28(35)19-31)24-13-7-8-14-25(24)38-27-16-10-9-15-26(27)37-21-22-11-5-4-6-12-22/h4-16,23,34H,17-21H2,1-3H3,(H,32,36)/t23-/m0/s1. The molecular formula is C30H35ClN2O6. The van der Waals surface area contributed by atoms with E-state index in [1.807, 2.05) is 48.5 Å². The zero-order chi connectivity index (χ0) is 28.3. The number of hydrogen-bond donors (Lipinski definition) is 2. The molecule has 0 spiro atoms. The molecule has 0 saturated heterocycles. The van der Waals surface area contributed by atoms with E-state index in [-0.39, 0.29) is 25.5 Å². The molecule has 0 aliphatic rings. The molecule has 0 bridgehead atoms. The number of nitrogens with one attached hydrogen (secondary N) is 1. The van der Waals surface area contributed by atoms with Crippen LogP contribution in [-0.4, -0.2) is 47.8 Å². The number of aliphatic hydroxyl groups is 1. The molecule has 0 aliphatic heterocycles. The number of alkyl carbamates (subject to hydrolysis) is 1. The Labute approximate surface area is 234 Å². The summed E-state index contributed by atoms with van der Waals surface area (Å²) in [7, 11) is 0. The first kappa shape index (κ1) is 29.8. The number of hydrogen-bond acceptors (Lipinski definition) is 6. The van der Waals surface area contributed by atoms with Gasteiger partial charge >= 0.3 is 6.09 Å². The molecule has 2 N–H and O–H groups in total. The van der Waals surface area contributed by atoms with E-state index >= 15 is 0 Å². The van der Waals surface area contributed by atoms with Gasteiger partial charge in [-0.05, 0) is 57.0 Å². The highest BCUT2D eigenvalue weighted by Crippen LogP contribution is 2.37. The fourth-order valence-corrected chi connectivity index (χ4v) is 3.88. The highest BCUT2D eigenvalue weighted by atomic mass is 35.5. The van der Waals surface area contributed by atoms with E-state index in [9.17, 15) is 14.7 Å². The molecule has 0 saturated carbocycles. The third-order valence-electron chi connectivity index (χ3n) is 5.48. The highest BCUT2D eigenvalue weighted by Gasteiger charge is 2.26. The number of rotatable bonds is 12. The quantitative estimate of drug-likeness (QED) is 0.270. The Balaban J connectivity index is 1.85. The molecule has 0 heterocycles. The number of para-hydroxylation sites is 4. The van der Waals surface area contributed by atoms with Gasteiger partial charge in [-0.1, -0.05) is 54.6 Å². The summed E-state index contributed by atoms with van der Waals surface area (Å²) >= 11 is 5.97. The molecule has 8 nitrogen and oxygen atoms in total. The second-order valence-electron chi connectivity index (χ2n) is 9.78. The molecule has 0 aliphatic carbocycles. The van der Waals surface area contributed by atoms with Gasteiger partial charge in [0.25, 0.3) is 0 Å². The normalized spacial score (nSPS) is 11.8. The topological polar surface area (TPSA) is 97.3 Å². The minimum atomic E-state index is -0.699. The lowest BCUT2D eigenvalue weighted by molar-refractivity contribution is -0.116. The van der Waals surface area contributed by atoms with Crippen molar-refractivity contribution in [1.29, 1.82) is 0 Å². The predicted octanol–water partition coefficient (Wildman–Crippen LogP) is 5.91. The van der Waals surface area contributed by atoms with Crippen LogP contribution in [0, 0.1) is 0 Å². The summed E-state index contributed by atoms with van der Waals surface area (Å²) in [5.74, 6) is 0.722. The van der Waals surface area contributed by atoms with Crippen LogP contribution in [0.3, 0.4) is 0 Å². The van der Waals surface area contributed by atoms with Gasteiger partial charge in [0, 0.05) is 13.2 Å². The van der Waals surface area contributed by atoms with Gasteiger partial charge < -0.3 is 29.5 Å². The van der Waals surface area contributed by atoms with Crippen LogP contribution < -0.4 is 19.7 Å². The summed E-state index contributed by atoms with van der Waals surface area (Å²) < 4.78 is 17.7. The van der Waals surface area contributed by atoms with E-state index in [1.165, 1.54) is 4.90 Å². The van der Waals surface area contributed by atoms with Crippen molar-refractivity contribution in [1.82, 2.24) is 5.32 Å². The van der Waals surface area contributed by atoms with Crippen LogP contribution in [0.15, 0.2) is 78.9 Å². The summed E-state index contributed by atoms with van der Waals surface area (Å²) in [5, 5.41) is 12.4. The van der Waals surface area contributed by atoms with Gasteiger partial charge in [-0.15, -0.1) is 11.6 Å². The van der Waals surface area contributed by atoms with E-state index < -0.39 is 23.6 Å². The van der Waals surface area contributed by atoms with E-state index in [4.69, 9.17) is 25.8 Å². The van der Waals surface area contributed by atoms with E-state index in [2.05, 4.69) is 5.32 Å². The maximum Gasteiger partial charge on any atom is 0.407 e. The Kier molecular flexibility index (Phi) is 11.0. The summed E-state index contributed by atoms with van der Waals surface area (Å²) in [6.45, 7) is 5.47. The van der Waals surface area contributed by atoms with Crippen LogP contribution in [0.25, 0.3) is 0 Å². The third kappa shape index (κ3) is 9.50. The maximum absolute atomic E-state index is 13.0. The smallest absolute Gasteiger partial charge is 0.407 e. The first-order valence-corrected chi connectivity index (χ1v) is 13.2. The minimum absolute atomic E-state index is 0.0396. The van der Waals surface area contributed by atoms with Crippen LogP contribution in [0.1, 0.15) is 32.8 Å². The van der Waals surface area contributed by atoms with Gasteiger partial charge in [-0.25, -0.2) is 4.79 Å². The Morgan fingerprint density at radius 2 is 1.54 bits per heavy atom. The Morgan fingerprint density at radius 1 is 0.923 bits per heavy atom. The van der Waals surface area contributed by atoms with Gasteiger partial charge in [0.1, 0.15) is 18.1 Å². The lowest BCUT2D eigenvalue weighted by Gasteiger charge is -2.30. The number of carbonyl (C=O) groups excluding carboxylic acids is 2. The van der Waals surface area contributed by atoms with Crippen LogP contribution in [0.2, 0.25) is 0 Å². The molecule has 0 unspecified atom stereocenters. The predicted molar refractivity (Wildman–Crippen MR) is 152 cm³/mol. The van der Waals surface area contributed by atoms with Crippen LogP contribution in [0.5, 0.6) is 17.2 Å². The average molecular weight is 555 g/mol. The summed E-state index contributed by atoms with van der Waals surface area (Å²) in [6.07, 6.45) is -0.446. The monoisotopic (exact) mass is 554 g/mol. The highest BCUT2D eigenvalue weighted by molar-refractivity contribution is 6.29. The number of aliphatic hydroxyl groups excluding tert-OH is 1. The molecule has 3 rings (SSSR count). The van der Waals surface area contributed by atoms with Gasteiger partial charge in [0.05, 0.1) is 11.7 Å². The molecule has 2 amide bonds. The summed E-state index contributed by atoms with van der Waals surface area (Å²) in [4.78, 5) is 26.9. The largest absolute Gasteiger partial charge is 0.485 e. The molecule has 3 aromatic carbocycles. The number of nitrogens with zero attached hydrogens (tertiary/aromatic N) is 1. The zero-order valence-electron chi connectivity index (χ0n) is 22.4. The van der Waals surface area contributed by atoms with Crippen molar-refractivity contribution < 1.29 is 28.9 Å². The van der Waals surface area contributed by atoms with Crippen molar-refractivity contribution in [2.75, 3.05) is 23.9 Å². The number of alkyl halides is 1. The second kappa shape index (κ2) is 14.4. The number of anilines is 1. The first-order valence-electron chi connectivity index (χ1n) is 12.7. The van der Waals surface area contributed by atoms with Crippen molar-refractivity contribution in [2.45, 2.75) is 45.4 Å². The van der Waals surface area contributed by atoms with Crippen LogP contribution in [0.4, 0.5) is 10.5 Å². The Hall–Kier alpha value is -3.75. The molecule has 1 atom stereocenters. The number of carbonyl (C=O) groups is 2. The number of amides is 2. The number of ether oxygens (including phenoxy) is 3. The van der Waals surface area contributed by atoms with Crippen LogP contribution >= 0.6 is 11.6 Å². The van der Waals surface area contributed by atoms with Gasteiger partial charge in [-0.2, -0.15) is 0 Å². The van der Waals surface area contributed by atoms with Gasteiger partial charge in [-0.3, -0.25) is 4.79 Å². The molecule has 0 aromatic heterocycles. The summed E-state index contributed by atoms with van der Waals surface area (Å²) in [5.41, 5.74) is 0.768. The van der Waals surface area contributed by atoms with Crippen molar-refractivity contribution >= 4 is 29.3 Å². The number of halogens is 1. The first-order chi connectivity index (χ1) is 18.7. The van der Waals surface area contributed by atoms with Crippen molar-refractivity contribution in [2.24, 2.45) is 0 Å². The number of benzene rings is 3. The lowest BCUT2D eigenvalue weighted by Crippen LogP contribution is -2.48. The van der Waals surface area contributed by atoms with Crippen molar-refractivity contribution in [3.8, 4) is 17.2 Å². The Morgan fingerprint density at radius 3 is 2.18 bits per heavy atom. The molecule has 9 heteroatoms. The lowest BCUT2D eigenvalue weighted by atomic mass is 10.1. The van der Waals surface area contributed by atoms with E-state index in [0.29, 0.717) is 29.5 Å². The third-order valence-corrected chi connectivity index (χ3v) is 5.71. The molecule has 39 heavy (non-hydrogen) atoms. The molecule has 208 valence electrons.